The number of nitrogens with one attached hydrogen (secondary N) is 1. The molecule has 0 unspecified atom stereocenters. The van der Waals surface area contributed by atoms with Crippen molar-refractivity contribution in [2.75, 3.05) is 11.9 Å². The molecule has 6 nitrogen and oxygen atoms in total. The molecule has 1 aliphatic carbocycles. The number of anilines is 1. The minimum absolute atomic E-state index is 0.115. The lowest BCUT2D eigenvalue weighted by atomic mass is 10.1. The fraction of sp³-hybridized carbons (Fsp3) is 0.381. The van der Waals surface area contributed by atoms with Crippen molar-refractivity contribution in [3.63, 3.8) is 0 Å². The first-order valence-corrected chi connectivity index (χ1v) is 9.78. The third kappa shape index (κ3) is 3.12. The van der Waals surface area contributed by atoms with E-state index in [0.29, 0.717) is 28.1 Å². The summed E-state index contributed by atoms with van der Waals surface area (Å²) >= 11 is 0. The third-order valence-electron chi connectivity index (χ3n) is 5.83. The second-order valence-corrected chi connectivity index (χ2v) is 7.94. The maximum absolute atomic E-state index is 13.9. The molecule has 3 aromatic rings. The first-order chi connectivity index (χ1) is 14.7. The molecule has 1 N–H and O–H groups in total. The summed E-state index contributed by atoms with van der Waals surface area (Å²) in [5, 5.41) is 3.47. The molecule has 0 atom stereocenters. The van der Waals surface area contributed by atoms with E-state index in [9.17, 15) is 22.4 Å². The normalized spacial score (nSPS) is 18.1. The average Bonchev–Trinajstić information content (AvgIpc) is 3.46. The Morgan fingerprint density at radius 1 is 1.26 bits per heavy atom. The van der Waals surface area contributed by atoms with E-state index in [2.05, 4.69) is 15.3 Å². The quantitative estimate of drug-likeness (QED) is 0.616. The molecule has 162 valence electrons. The molecule has 0 spiro atoms. The minimum atomic E-state index is -3.05. The van der Waals surface area contributed by atoms with Crippen LogP contribution in [-0.2, 0) is 18.0 Å². The number of rotatable bonds is 5. The van der Waals surface area contributed by atoms with Gasteiger partial charge in [-0.1, -0.05) is 12.1 Å². The lowest BCUT2D eigenvalue weighted by Gasteiger charge is -2.19. The fourth-order valence-corrected chi connectivity index (χ4v) is 4.00. The number of fused-ring (bicyclic) bond motifs is 2. The zero-order chi connectivity index (χ0) is 22.0. The third-order valence-corrected chi connectivity index (χ3v) is 5.83. The van der Waals surface area contributed by atoms with E-state index >= 15 is 0 Å². The Kier molecular flexibility index (Phi) is 4.25. The smallest absolute Gasteiger partial charge is 0.310 e. The summed E-state index contributed by atoms with van der Waals surface area (Å²) in [5.74, 6) is -2.22. The zero-order valence-corrected chi connectivity index (χ0v) is 16.5. The Balaban J connectivity index is 1.54. The molecule has 0 bridgehead atoms. The molecule has 2 aromatic heterocycles. The molecule has 31 heavy (non-hydrogen) atoms. The molecular formula is C21H18F4N4O2. The van der Waals surface area contributed by atoms with Gasteiger partial charge in [0, 0.05) is 24.4 Å². The molecule has 0 radical (unpaired) electrons. The highest BCUT2D eigenvalue weighted by Crippen LogP contribution is 2.48. The van der Waals surface area contributed by atoms with Crippen LogP contribution in [-0.4, -0.2) is 27.6 Å². The largest absolute Gasteiger partial charge is 0.486 e. The number of nitrogens with zero attached hydrogens (tertiary/aromatic N) is 3. The first kappa shape index (κ1) is 19.8. The summed E-state index contributed by atoms with van der Waals surface area (Å²) in [7, 11) is 0. The van der Waals surface area contributed by atoms with Gasteiger partial charge < -0.3 is 14.6 Å². The van der Waals surface area contributed by atoms with Crippen LogP contribution in [0.4, 0.5) is 23.4 Å². The molecule has 1 fully saturated rings. The van der Waals surface area contributed by atoms with Crippen LogP contribution in [0.5, 0.6) is 5.75 Å². The molecular weight excluding hydrogens is 416 g/mol. The van der Waals surface area contributed by atoms with Crippen molar-refractivity contribution in [1.29, 1.82) is 0 Å². The zero-order valence-electron chi connectivity index (χ0n) is 16.5. The predicted molar refractivity (Wildman–Crippen MR) is 105 cm³/mol. The molecule has 3 heterocycles. The summed E-state index contributed by atoms with van der Waals surface area (Å²) in [4.78, 5) is 21.1. The monoisotopic (exact) mass is 434 g/mol. The van der Waals surface area contributed by atoms with Crippen LogP contribution < -0.4 is 15.6 Å². The van der Waals surface area contributed by atoms with Crippen molar-refractivity contribution < 1.29 is 22.3 Å². The van der Waals surface area contributed by atoms with E-state index in [4.69, 9.17) is 4.74 Å². The fourth-order valence-electron chi connectivity index (χ4n) is 4.00. The molecule has 1 saturated carbocycles. The van der Waals surface area contributed by atoms with Gasteiger partial charge in [0.2, 0.25) is 0 Å². The molecule has 2 aliphatic rings. The predicted octanol–water partition coefficient (Wildman–Crippen LogP) is 3.95. The standard InChI is InChI=1S/C21H18F4N4O2/c1-11-27-15-7-16(30)29(20(5-6-20)19(22)23)9-13(15)18(28-11)26-8-12-3-2-4-14-17(12)31-10-21(14,24)25/h2-4,7,9,19H,5-6,8,10H2,1H3,(H,26,27,28). The van der Waals surface area contributed by atoms with Crippen molar-refractivity contribution in [2.45, 2.75) is 44.2 Å². The van der Waals surface area contributed by atoms with Crippen LogP contribution in [0.15, 0.2) is 35.3 Å². The van der Waals surface area contributed by atoms with Crippen molar-refractivity contribution in [3.8, 4) is 5.75 Å². The van der Waals surface area contributed by atoms with Gasteiger partial charge >= 0.3 is 5.92 Å². The molecule has 5 rings (SSSR count). The van der Waals surface area contributed by atoms with Crippen LogP contribution in [0.3, 0.4) is 0 Å². The lowest BCUT2D eigenvalue weighted by Crippen LogP contribution is -2.35. The molecule has 1 aliphatic heterocycles. The van der Waals surface area contributed by atoms with Crippen LogP contribution >= 0.6 is 0 Å². The summed E-state index contributed by atoms with van der Waals surface area (Å²) < 4.78 is 61.3. The number of aryl methyl sites for hydroxylation is 1. The maximum atomic E-state index is 13.9. The summed E-state index contributed by atoms with van der Waals surface area (Å²) in [6.45, 7) is 1.04. The van der Waals surface area contributed by atoms with E-state index in [1.807, 2.05) is 0 Å². The Bertz CT molecular complexity index is 1250. The van der Waals surface area contributed by atoms with E-state index < -0.39 is 30.1 Å². The van der Waals surface area contributed by atoms with Gasteiger partial charge in [-0.25, -0.2) is 18.7 Å². The summed E-state index contributed by atoms with van der Waals surface area (Å²) in [5.41, 5.74) is -1.38. The molecule has 1 aromatic carbocycles. The van der Waals surface area contributed by atoms with E-state index in [-0.39, 0.29) is 30.7 Å². The number of pyridine rings is 1. The van der Waals surface area contributed by atoms with Gasteiger partial charge in [-0.3, -0.25) is 4.79 Å². The number of ether oxygens (including phenoxy) is 1. The number of hydrogen-bond donors (Lipinski definition) is 1. The Morgan fingerprint density at radius 3 is 2.74 bits per heavy atom. The highest BCUT2D eigenvalue weighted by atomic mass is 19.3. The van der Waals surface area contributed by atoms with Crippen molar-refractivity contribution in [3.05, 3.63) is 57.8 Å². The number of aromatic nitrogens is 3. The molecule has 10 heteroatoms. The highest BCUT2D eigenvalue weighted by molar-refractivity contribution is 5.88. The van der Waals surface area contributed by atoms with Gasteiger partial charge in [-0.2, -0.15) is 8.78 Å². The summed E-state index contributed by atoms with van der Waals surface area (Å²) in [6.07, 6.45) is -0.879. The van der Waals surface area contributed by atoms with E-state index in [1.54, 1.807) is 13.0 Å². The minimum Gasteiger partial charge on any atom is -0.486 e. The Hall–Kier alpha value is -3.17. The van der Waals surface area contributed by atoms with Gasteiger partial charge in [-0.15, -0.1) is 0 Å². The van der Waals surface area contributed by atoms with Gasteiger partial charge in [0.15, 0.2) is 6.61 Å². The number of benzene rings is 1. The number of hydrogen-bond acceptors (Lipinski definition) is 5. The van der Waals surface area contributed by atoms with Crippen LogP contribution in [0.1, 0.15) is 29.8 Å². The maximum Gasteiger partial charge on any atom is 0.310 e. The SMILES string of the molecule is Cc1nc(NCc2cccc3c2OCC3(F)F)c2cn(C3(C(F)F)CC3)c(=O)cc2n1. The Labute approximate surface area is 173 Å². The van der Waals surface area contributed by atoms with E-state index in [0.717, 1.165) is 4.57 Å². The van der Waals surface area contributed by atoms with Crippen LogP contribution in [0.25, 0.3) is 10.9 Å². The number of para-hydroxylation sites is 1. The Morgan fingerprint density at radius 2 is 2.03 bits per heavy atom. The summed E-state index contributed by atoms with van der Waals surface area (Å²) in [6, 6.07) is 5.74. The highest BCUT2D eigenvalue weighted by Gasteiger charge is 2.53. The van der Waals surface area contributed by atoms with Gasteiger partial charge in [-0.05, 0) is 25.8 Å². The van der Waals surface area contributed by atoms with Crippen molar-refractivity contribution in [1.82, 2.24) is 14.5 Å². The van der Waals surface area contributed by atoms with Crippen molar-refractivity contribution >= 4 is 16.7 Å². The van der Waals surface area contributed by atoms with Gasteiger partial charge in [0.25, 0.3) is 12.0 Å². The number of halogens is 4. The molecule has 0 saturated heterocycles. The second-order valence-electron chi connectivity index (χ2n) is 7.94. The first-order valence-electron chi connectivity index (χ1n) is 9.78. The number of alkyl halides is 4. The van der Waals surface area contributed by atoms with Crippen LogP contribution in [0, 0.1) is 6.92 Å². The molecule has 0 amide bonds. The van der Waals surface area contributed by atoms with Gasteiger partial charge in [0.1, 0.15) is 22.9 Å². The van der Waals surface area contributed by atoms with Crippen molar-refractivity contribution in [2.24, 2.45) is 0 Å². The van der Waals surface area contributed by atoms with Crippen LogP contribution in [0.2, 0.25) is 0 Å². The van der Waals surface area contributed by atoms with E-state index in [1.165, 1.54) is 24.4 Å². The average molecular weight is 434 g/mol. The second kappa shape index (κ2) is 6.66. The lowest BCUT2D eigenvalue weighted by molar-refractivity contribution is -0.0214. The topological polar surface area (TPSA) is 69.0 Å². The van der Waals surface area contributed by atoms with Gasteiger partial charge in [0.05, 0.1) is 16.5 Å².